The second-order valence-corrected chi connectivity index (χ2v) is 6.31. The number of aromatic nitrogens is 4. The van der Waals surface area contributed by atoms with Crippen LogP contribution in [0.3, 0.4) is 0 Å². The maximum absolute atomic E-state index is 6.26. The van der Waals surface area contributed by atoms with E-state index in [1.165, 1.54) is 5.56 Å². The van der Waals surface area contributed by atoms with Gasteiger partial charge >= 0.3 is 0 Å². The molecule has 0 fully saturated rings. The summed E-state index contributed by atoms with van der Waals surface area (Å²) in [6.45, 7) is 0.861. The van der Waals surface area contributed by atoms with E-state index in [-0.39, 0.29) is 5.28 Å². The number of anilines is 2. The Morgan fingerprint density at radius 1 is 0.920 bits per heavy atom. The molecule has 0 spiro atoms. The third-order valence-electron chi connectivity index (χ3n) is 4.53. The first kappa shape index (κ1) is 14.4. The van der Waals surface area contributed by atoms with Crippen LogP contribution in [0, 0.1) is 0 Å². The minimum atomic E-state index is 0.226. The topological polar surface area (TPSA) is 46.8 Å². The molecule has 5 nitrogen and oxygen atoms in total. The monoisotopic (exact) mass is 347 g/mol. The predicted molar refractivity (Wildman–Crippen MR) is 98.8 cm³/mol. The van der Waals surface area contributed by atoms with E-state index >= 15 is 0 Å². The van der Waals surface area contributed by atoms with Gasteiger partial charge in [0.1, 0.15) is 6.33 Å². The van der Waals surface area contributed by atoms with E-state index in [4.69, 9.17) is 11.6 Å². The fourth-order valence-corrected chi connectivity index (χ4v) is 3.54. The van der Waals surface area contributed by atoms with Crippen LogP contribution in [0.15, 0.2) is 60.9 Å². The van der Waals surface area contributed by atoms with Gasteiger partial charge in [-0.2, -0.15) is 9.97 Å². The van der Waals surface area contributed by atoms with Crippen molar-refractivity contribution in [3.63, 3.8) is 0 Å². The van der Waals surface area contributed by atoms with Crippen molar-refractivity contribution in [2.75, 3.05) is 11.4 Å². The smallest absolute Gasteiger partial charge is 0.226 e. The molecule has 122 valence electrons. The van der Waals surface area contributed by atoms with Crippen LogP contribution in [-0.4, -0.2) is 26.1 Å². The van der Waals surface area contributed by atoms with E-state index in [1.54, 1.807) is 6.33 Å². The zero-order valence-electron chi connectivity index (χ0n) is 13.3. The van der Waals surface area contributed by atoms with Gasteiger partial charge in [0.05, 0.1) is 0 Å². The average molecular weight is 348 g/mol. The molecule has 25 heavy (non-hydrogen) atoms. The fraction of sp³-hybridized carbons (Fsp3) is 0.105. The van der Waals surface area contributed by atoms with Gasteiger partial charge in [-0.25, -0.2) is 4.98 Å². The lowest BCUT2D eigenvalue weighted by molar-refractivity contribution is 0.971. The molecular formula is C19H14ClN5. The molecule has 0 saturated carbocycles. The Hall–Kier alpha value is -2.92. The Morgan fingerprint density at radius 2 is 1.72 bits per heavy atom. The van der Waals surface area contributed by atoms with Crippen molar-refractivity contribution in [1.82, 2.24) is 19.5 Å². The second kappa shape index (κ2) is 5.57. The highest BCUT2D eigenvalue weighted by atomic mass is 35.5. The highest BCUT2D eigenvalue weighted by Gasteiger charge is 2.25. The van der Waals surface area contributed by atoms with Crippen molar-refractivity contribution in [3.8, 4) is 5.69 Å². The molecule has 5 rings (SSSR count). The molecule has 0 amide bonds. The van der Waals surface area contributed by atoms with E-state index in [2.05, 4.69) is 38.1 Å². The largest absolute Gasteiger partial charge is 0.324 e. The van der Waals surface area contributed by atoms with Crippen LogP contribution in [0.2, 0.25) is 5.28 Å². The SMILES string of the molecule is Clc1nc(N2CCc3ccccc32)c2ncn(-c3ccccc3)c2n1. The van der Waals surface area contributed by atoms with Crippen molar-refractivity contribution in [2.24, 2.45) is 0 Å². The van der Waals surface area contributed by atoms with Gasteiger partial charge in [0.2, 0.25) is 5.28 Å². The number of fused-ring (bicyclic) bond motifs is 2. The highest BCUT2D eigenvalue weighted by Crippen LogP contribution is 2.36. The Kier molecular flexibility index (Phi) is 3.21. The van der Waals surface area contributed by atoms with Crippen molar-refractivity contribution in [1.29, 1.82) is 0 Å². The number of halogens is 1. The van der Waals surface area contributed by atoms with Gasteiger partial charge in [0.25, 0.3) is 0 Å². The van der Waals surface area contributed by atoms with E-state index < -0.39 is 0 Å². The van der Waals surface area contributed by atoms with Crippen LogP contribution < -0.4 is 4.90 Å². The molecule has 0 aliphatic carbocycles. The lowest BCUT2D eigenvalue weighted by atomic mass is 10.2. The molecule has 1 aliphatic rings. The van der Waals surface area contributed by atoms with Gasteiger partial charge in [0.15, 0.2) is 17.0 Å². The fourth-order valence-electron chi connectivity index (χ4n) is 3.38. The summed E-state index contributed by atoms with van der Waals surface area (Å²) in [7, 11) is 0. The van der Waals surface area contributed by atoms with Gasteiger partial charge in [-0.1, -0.05) is 36.4 Å². The lowest BCUT2D eigenvalue weighted by Crippen LogP contribution is -2.16. The standard InChI is InChI=1S/C19H14ClN5/c20-19-22-17(24-11-10-13-6-4-5-9-15(13)24)16-18(23-19)25(12-21-16)14-7-2-1-3-8-14/h1-9,12H,10-11H2. The summed E-state index contributed by atoms with van der Waals surface area (Å²) in [5.74, 6) is 0.759. The van der Waals surface area contributed by atoms with Crippen LogP contribution in [0.1, 0.15) is 5.56 Å². The Bertz CT molecular complexity index is 1070. The van der Waals surface area contributed by atoms with E-state index in [0.29, 0.717) is 5.65 Å². The number of hydrogen-bond donors (Lipinski definition) is 0. The van der Waals surface area contributed by atoms with Crippen molar-refractivity contribution < 1.29 is 0 Å². The Balaban J connectivity index is 1.72. The summed E-state index contributed by atoms with van der Waals surface area (Å²) < 4.78 is 1.94. The van der Waals surface area contributed by atoms with Gasteiger partial charge in [-0.05, 0) is 41.8 Å². The molecule has 0 atom stereocenters. The molecule has 2 aromatic heterocycles. The first-order chi connectivity index (χ1) is 12.3. The van der Waals surface area contributed by atoms with Gasteiger partial charge < -0.3 is 4.90 Å². The molecule has 4 aromatic rings. The summed E-state index contributed by atoms with van der Waals surface area (Å²) >= 11 is 6.26. The minimum Gasteiger partial charge on any atom is -0.324 e. The average Bonchev–Trinajstić information content (AvgIpc) is 3.26. The lowest BCUT2D eigenvalue weighted by Gasteiger charge is -2.18. The van der Waals surface area contributed by atoms with E-state index in [0.717, 1.165) is 35.7 Å². The van der Waals surface area contributed by atoms with Gasteiger partial charge in [0, 0.05) is 17.9 Å². The van der Waals surface area contributed by atoms with Crippen molar-refractivity contribution >= 4 is 34.3 Å². The molecule has 0 unspecified atom stereocenters. The van der Waals surface area contributed by atoms with Crippen LogP contribution in [0.5, 0.6) is 0 Å². The van der Waals surface area contributed by atoms with E-state index in [1.807, 2.05) is 41.0 Å². The molecule has 3 heterocycles. The molecule has 0 N–H and O–H groups in total. The molecule has 0 radical (unpaired) electrons. The van der Waals surface area contributed by atoms with E-state index in [9.17, 15) is 0 Å². The number of hydrogen-bond acceptors (Lipinski definition) is 4. The van der Waals surface area contributed by atoms with Crippen LogP contribution in [0.25, 0.3) is 16.9 Å². The van der Waals surface area contributed by atoms with Crippen molar-refractivity contribution in [3.05, 3.63) is 71.8 Å². The molecular weight excluding hydrogens is 334 g/mol. The summed E-state index contributed by atoms with van der Waals surface area (Å²) in [6, 6.07) is 18.4. The first-order valence-corrected chi connectivity index (χ1v) is 8.50. The summed E-state index contributed by atoms with van der Waals surface area (Å²) in [6.07, 6.45) is 2.76. The summed E-state index contributed by atoms with van der Waals surface area (Å²) in [4.78, 5) is 15.7. The van der Waals surface area contributed by atoms with Gasteiger partial charge in [-0.15, -0.1) is 0 Å². The number of para-hydroxylation sites is 2. The molecule has 0 bridgehead atoms. The van der Waals surface area contributed by atoms with Crippen LogP contribution >= 0.6 is 11.6 Å². The molecule has 6 heteroatoms. The third kappa shape index (κ3) is 2.27. The normalized spacial score (nSPS) is 13.4. The minimum absolute atomic E-state index is 0.226. The first-order valence-electron chi connectivity index (χ1n) is 8.13. The zero-order chi connectivity index (χ0) is 16.8. The maximum Gasteiger partial charge on any atom is 0.226 e. The molecule has 2 aromatic carbocycles. The summed E-state index contributed by atoms with van der Waals surface area (Å²) in [5, 5.41) is 0.226. The number of rotatable bonds is 2. The molecule has 0 saturated heterocycles. The molecule has 1 aliphatic heterocycles. The highest BCUT2D eigenvalue weighted by molar-refractivity contribution is 6.28. The number of nitrogens with zero attached hydrogens (tertiary/aromatic N) is 5. The third-order valence-corrected chi connectivity index (χ3v) is 4.70. The van der Waals surface area contributed by atoms with Crippen LogP contribution in [-0.2, 0) is 6.42 Å². The van der Waals surface area contributed by atoms with Crippen LogP contribution in [0.4, 0.5) is 11.5 Å². The number of benzene rings is 2. The number of imidazole rings is 1. The maximum atomic E-state index is 6.26. The zero-order valence-corrected chi connectivity index (χ0v) is 14.1. The Morgan fingerprint density at radius 3 is 2.60 bits per heavy atom. The van der Waals surface area contributed by atoms with Crippen molar-refractivity contribution in [2.45, 2.75) is 6.42 Å². The quantitative estimate of drug-likeness (QED) is 0.511. The second-order valence-electron chi connectivity index (χ2n) is 5.97. The predicted octanol–water partition coefficient (Wildman–Crippen LogP) is 4.16. The van der Waals surface area contributed by atoms with Gasteiger partial charge in [-0.3, -0.25) is 4.57 Å². The summed E-state index contributed by atoms with van der Waals surface area (Å²) in [5.41, 5.74) is 4.93. The Labute approximate surface area is 149 Å².